The van der Waals surface area contributed by atoms with Crippen LogP contribution >= 0.6 is 23.1 Å². The first kappa shape index (κ1) is 19.4. The van der Waals surface area contributed by atoms with Crippen LogP contribution in [-0.4, -0.2) is 21.2 Å². The molecule has 0 fully saturated rings. The Balaban J connectivity index is 1.75. The minimum Gasteiger partial charge on any atom is -0.325 e. The number of amides is 1. The van der Waals surface area contributed by atoms with E-state index in [0.717, 1.165) is 5.69 Å². The molecule has 2 heterocycles. The van der Waals surface area contributed by atoms with E-state index in [1.54, 1.807) is 10.6 Å². The average molecular weight is 400 g/mol. The molecule has 2 aromatic heterocycles. The first-order valence-corrected chi connectivity index (χ1v) is 10.5. The predicted octanol–water partition coefficient (Wildman–Crippen LogP) is 4.50. The van der Waals surface area contributed by atoms with Gasteiger partial charge in [-0.3, -0.25) is 14.2 Å². The maximum atomic E-state index is 12.6. The van der Waals surface area contributed by atoms with Gasteiger partial charge >= 0.3 is 0 Å². The summed E-state index contributed by atoms with van der Waals surface area (Å²) >= 11 is 2.63. The number of hydrogen-bond donors (Lipinski definition) is 1. The second-order valence-corrected chi connectivity index (χ2v) is 8.21. The average Bonchev–Trinajstić information content (AvgIpc) is 3.11. The lowest BCUT2D eigenvalue weighted by Gasteiger charge is -2.11. The Labute approximate surface area is 166 Å². The molecule has 3 rings (SSSR count). The van der Waals surface area contributed by atoms with E-state index in [0.29, 0.717) is 27.8 Å². The Morgan fingerprint density at radius 1 is 1.41 bits per heavy atom. The smallest absolute Gasteiger partial charge is 0.272 e. The van der Waals surface area contributed by atoms with Crippen molar-refractivity contribution in [3.05, 3.63) is 64.3 Å². The van der Waals surface area contributed by atoms with Crippen molar-refractivity contribution >= 4 is 44.9 Å². The van der Waals surface area contributed by atoms with Crippen molar-refractivity contribution in [2.24, 2.45) is 0 Å². The van der Waals surface area contributed by atoms with Gasteiger partial charge in [-0.15, -0.1) is 17.9 Å². The lowest BCUT2D eigenvalue weighted by Crippen LogP contribution is -2.23. The molecular formula is C20H21N3O2S2. The van der Waals surface area contributed by atoms with E-state index < -0.39 is 0 Å². The van der Waals surface area contributed by atoms with Gasteiger partial charge in [0, 0.05) is 12.2 Å². The number of anilines is 1. The fourth-order valence-corrected chi connectivity index (χ4v) is 4.21. The van der Waals surface area contributed by atoms with Crippen LogP contribution in [0.4, 0.5) is 5.69 Å². The van der Waals surface area contributed by atoms with Crippen molar-refractivity contribution < 1.29 is 4.79 Å². The topological polar surface area (TPSA) is 64.0 Å². The summed E-state index contributed by atoms with van der Waals surface area (Å²) in [4.78, 5) is 29.5. The quantitative estimate of drug-likeness (QED) is 0.361. The van der Waals surface area contributed by atoms with Crippen molar-refractivity contribution in [3.8, 4) is 0 Å². The number of hydrogen-bond acceptors (Lipinski definition) is 5. The van der Waals surface area contributed by atoms with Gasteiger partial charge in [0.25, 0.3) is 5.56 Å². The number of thioether (sulfide) groups is 1. The predicted molar refractivity (Wildman–Crippen MR) is 114 cm³/mol. The Kier molecular flexibility index (Phi) is 6.13. The van der Waals surface area contributed by atoms with Crippen LogP contribution in [0.25, 0.3) is 10.2 Å². The van der Waals surface area contributed by atoms with Crippen LogP contribution in [0.1, 0.15) is 25.3 Å². The highest BCUT2D eigenvalue weighted by Crippen LogP contribution is 2.22. The van der Waals surface area contributed by atoms with E-state index in [1.165, 1.54) is 28.7 Å². The van der Waals surface area contributed by atoms with E-state index >= 15 is 0 Å². The monoisotopic (exact) mass is 399 g/mol. The van der Waals surface area contributed by atoms with Crippen molar-refractivity contribution in [1.82, 2.24) is 9.55 Å². The molecule has 0 saturated carbocycles. The van der Waals surface area contributed by atoms with E-state index in [1.807, 2.05) is 35.7 Å². The summed E-state index contributed by atoms with van der Waals surface area (Å²) in [5.41, 5.74) is 2.52. The summed E-state index contributed by atoms with van der Waals surface area (Å²) in [6.45, 7) is 8.29. The van der Waals surface area contributed by atoms with E-state index in [2.05, 4.69) is 30.7 Å². The Morgan fingerprint density at radius 2 is 2.22 bits per heavy atom. The third-order valence-corrected chi connectivity index (χ3v) is 5.88. The van der Waals surface area contributed by atoms with Crippen molar-refractivity contribution in [3.63, 3.8) is 0 Å². The molecule has 0 bridgehead atoms. The zero-order chi connectivity index (χ0) is 19.4. The van der Waals surface area contributed by atoms with Gasteiger partial charge < -0.3 is 5.32 Å². The SMILES string of the molecule is C=CCn1c(SCC(=O)Nc2cccc(C(C)C)c2)nc2ccsc2c1=O. The van der Waals surface area contributed by atoms with Gasteiger partial charge in [0.1, 0.15) is 4.70 Å². The van der Waals surface area contributed by atoms with Crippen molar-refractivity contribution in [2.45, 2.75) is 31.5 Å². The number of fused-ring (bicyclic) bond motifs is 1. The molecule has 1 aromatic carbocycles. The lowest BCUT2D eigenvalue weighted by atomic mass is 10.0. The van der Waals surface area contributed by atoms with Gasteiger partial charge in [0.05, 0.1) is 11.3 Å². The van der Waals surface area contributed by atoms with Crippen LogP contribution in [0.15, 0.2) is 58.3 Å². The molecule has 1 amide bonds. The zero-order valence-corrected chi connectivity index (χ0v) is 16.9. The Hall–Kier alpha value is -2.38. The second-order valence-electron chi connectivity index (χ2n) is 6.35. The fraction of sp³-hybridized carbons (Fsp3) is 0.250. The minimum atomic E-state index is -0.134. The van der Waals surface area contributed by atoms with Gasteiger partial charge in [0.2, 0.25) is 5.91 Å². The minimum absolute atomic E-state index is 0.0950. The van der Waals surface area contributed by atoms with E-state index in [9.17, 15) is 9.59 Å². The summed E-state index contributed by atoms with van der Waals surface area (Å²) in [5, 5.41) is 5.28. The third-order valence-electron chi connectivity index (χ3n) is 4.01. The number of rotatable bonds is 7. The molecule has 3 aromatic rings. The highest BCUT2D eigenvalue weighted by molar-refractivity contribution is 7.99. The molecule has 0 unspecified atom stereocenters. The first-order valence-electron chi connectivity index (χ1n) is 8.61. The molecule has 7 heteroatoms. The number of carbonyl (C=O) groups excluding carboxylic acids is 1. The van der Waals surface area contributed by atoms with Crippen LogP contribution < -0.4 is 10.9 Å². The van der Waals surface area contributed by atoms with Gasteiger partial charge in [-0.05, 0) is 35.1 Å². The number of allylic oxidation sites excluding steroid dienone is 1. The van der Waals surface area contributed by atoms with E-state index in [4.69, 9.17) is 0 Å². The Morgan fingerprint density at radius 3 is 2.96 bits per heavy atom. The van der Waals surface area contributed by atoms with Crippen LogP contribution in [0.3, 0.4) is 0 Å². The first-order chi connectivity index (χ1) is 13.0. The van der Waals surface area contributed by atoms with Crippen LogP contribution in [0.2, 0.25) is 0 Å². The summed E-state index contributed by atoms with van der Waals surface area (Å²) in [7, 11) is 0. The number of thiophene rings is 1. The number of carbonyl (C=O) groups is 1. The standard InChI is InChI=1S/C20H21N3O2S2/c1-4-9-23-19(25)18-16(8-10-26-18)22-20(23)27-12-17(24)21-15-7-5-6-14(11-15)13(2)3/h4-8,10-11,13H,1,9,12H2,2-3H3,(H,21,24). The van der Waals surface area contributed by atoms with Crippen LogP contribution in [-0.2, 0) is 11.3 Å². The molecule has 27 heavy (non-hydrogen) atoms. The third kappa shape index (κ3) is 4.48. The molecule has 0 aliphatic carbocycles. The highest BCUT2D eigenvalue weighted by Gasteiger charge is 2.13. The van der Waals surface area contributed by atoms with Crippen molar-refractivity contribution in [2.75, 3.05) is 11.1 Å². The largest absolute Gasteiger partial charge is 0.325 e. The summed E-state index contributed by atoms with van der Waals surface area (Å²) in [5.74, 6) is 0.433. The van der Waals surface area contributed by atoms with E-state index in [-0.39, 0.29) is 17.2 Å². The zero-order valence-electron chi connectivity index (χ0n) is 15.3. The normalized spacial score (nSPS) is 11.1. The lowest BCUT2D eigenvalue weighted by molar-refractivity contribution is -0.113. The molecule has 140 valence electrons. The molecule has 0 aliphatic heterocycles. The summed E-state index contributed by atoms with van der Waals surface area (Å²) in [6, 6.07) is 9.66. The van der Waals surface area contributed by atoms with Gasteiger partial charge in [-0.2, -0.15) is 0 Å². The van der Waals surface area contributed by atoms with Gasteiger partial charge in [0.15, 0.2) is 5.16 Å². The maximum Gasteiger partial charge on any atom is 0.272 e. The molecule has 1 N–H and O–H groups in total. The summed E-state index contributed by atoms with van der Waals surface area (Å²) < 4.78 is 2.18. The second kappa shape index (κ2) is 8.54. The molecule has 5 nitrogen and oxygen atoms in total. The molecule has 0 spiro atoms. The number of nitrogens with one attached hydrogen (secondary N) is 1. The molecule has 0 radical (unpaired) electrons. The molecule has 0 saturated heterocycles. The van der Waals surface area contributed by atoms with Gasteiger partial charge in [-0.25, -0.2) is 4.98 Å². The van der Waals surface area contributed by atoms with Crippen LogP contribution in [0.5, 0.6) is 0 Å². The number of nitrogens with zero attached hydrogens (tertiary/aromatic N) is 2. The van der Waals surface area contributed by atoms with Gasteiger partial charge in [-0.1, -0.05) is 43.8 Å². The number of benzene rings is 1. The molecule has 0 aliphatic rings. The maximum absolute atomic E-state index is 12.6. The molecule has 0 atom stereocenters. The Bertz CT molecular complexity index is 1040. The number of aromatic nitrogens is 2. The fourth-order valence-electron chi connectivity index (χ4n) is 2.63. The summed E-state index contributed by atoms with van der Waals surface area (Å²) in [6.07, 6.45) is 1.66. The van der Waals surface area contributed by atoms with Crippen molar-refractivity contribution in [1.29, 1.82) is 0 Å². The highest BCUT2D eigenvalue weighted by atomic mass is 32.2. The molecular weight excluding hydrogens is 378 g/mol. The van der Waals surface area contributed by atoms with Crippen LogP contribution in [0, 0.1) is 0 Å².